The van der Waals surface area contributed by atoms with Crippen LogP contribution < -0.4 is 5.32 Å². The molecule has 1 aromatic heterocycles. The number of amides is 1. The van der Waals surface area contributed by atoms with E-state index in [1.54, 1.807) is 27.8 Å². The van der Waals surface area contributed by atoms with Gasteiger partial charge in [0.25, 0.3) is 0 Å². The Kier molecular flexibility index (Phi) is 40.3. The summed E-state index contributed by atoms with van der Waals surface area (Å²) in [6.07, 6.45) is 1.67. The number of nitrogens with one attached hydrogen (secondary N) is 1. The molecule has 344 valence electrons. The number of carbonyl (C=O) groups is 4. The molecule has 0 aliphatic rings. The van der Waals surface area contributed by atoms with Crippen molar-refractivity contribution in [1.82, 2.24) is 10.3 Å². The molecule has 6 N–H and O–H groups in total. The van der Waals surface area contributed by atoms with Gasteiger partial charge >= 0.3 is 17.9 Å². The Hall–Kier alpha value is -2.67. The van der Waals surface area contributed by atoms with E-state index in [0.29, 0.717) is 32.2 Å². The second-order valence-corrected chi connectivity index (χ2v) is 14.6. The summed E-state index contributed by atoms with van der Waals surface area (Å²) >= 11 is 0. The summed E-state index contributed by atoms with van der Waals surface area (Å²) in [5, 5.41) is 47.6. The second-order valence-electron chi connectivity index (χ2n) is 12.1. The molecule has 0 saturated carbocycles. The number of nitrogens with zero attached hydrogens (tertiary/aromatic N) is 1. The van der Waals surface area contributed by atoms with E-state index < -0.39 is 36.8 Å². The minimum Gasteiger partial charge on any atom is -0.481 e. The first-order valence-electron chi connectivity index (χ1n) is 19.4. The summed E-state index contributed by atoms with van der Waals surface area (Å²) in [5.41, 5.74) is 0. The maximum atomic E-state index is 11.8. The van der Waals surface area contributed by atoms with Crippen molar-refractivity contribution in [3.63, 3.8) is 0 Å². The van der Waals surface area contributed by atoms with Gasteiger partial charge in [-0.3, -0.25) is 19.2 Å². The normalized spacial score (nSPS) is 13.9. The van der Waals surface area contributed by atoms with Crippen LogP contribution in [0.5, 0.6) is 0 Å². The van der Waals surface area contributed by atoms with Crippen LogP contribution in [0, 0.1) is 0 Å². The van der Waals surface area contributed by atoms with Gasteiger partial charge in [0.2, 0.25) is 5.91 Å². The Labute approximate surface area is 355 Å². The standard InChI is InChI=1S/C19H30N2O6S2.C12H22O7.C7H16O4/c1-3-15(13-22)27-19(25-2)14-26-18(24)9-6-7-16(23)20-11-12-28-29-17-8-4-5-10-21-17;1-3-9(7-13)19-12(17-2)8-18-11(16)6-4-5-10(14)15;1-3-6(4-8)11-7(5-9)10-2/h4-5,8,10,15,19,22H,3,6-7,9,11-14H2,1-2H3,(H,20,23);9,12-13H,3-8H2,1-2H3,(H,14,15);6-9H,3-5H2,1-2H3. The topological polar surface area (TPSA) is 268 Å². The molecule has 1 amide bonds. The maximum absolute atomic E-state index is 11.8. The van der Waals surface area contributed by atoms with Gasteiger partial charge < -0.3 is 68.7 Å². The zero-order valence-electron chi connectivity index (χ0n) is 35.2. The van der Waals surface area contributed by atoms with Gasteiger partial charge in [-0.15, -0.1) is 0 Å². The van der Waals surface area contributed by atoms with Gasteiger partial charge in [-0.2, -0.15) is 0 Å². The number of hydrogen-bond donors (Lipinski definition) is 6. The molecule has 6 unspecified atom stereocenters. The Morgan fingerprint density at radius 3 is 1.54 bits per heavy atom. The number of carboxylic acids is 1. The van der Waals surface area contributed by atoms with E-state index in [1.165, 1.54) is 21.3 Å². The first-order chi connectivity index (χ1) is 28.4. The number of hydrogen-bond acceptors (Lipinski definition) is 19. The fraction of sp³-hybridized carbons (Fsp3) is 0.763. The van der Waals surface area contributed by atoms with Crippen molar-refractivity contribution in [2.75, 3.05) is 73.3 Å². The highest BCUT2D eigenvalue weighted by atomic mass is 33.1. The van der Waals surface area contributed by atoms with E-state index in [1.807, 2.05) is 39.0 Å². The summed E-state index contributed by atoms with van der Waals surface area (Å²) in [7, 11) is 7.49. The van der Waals surface area contributed by atoms with Gasteiger partial charge in [0.05, 0.1) is 44.7 Å². The van der Waals surface area contributed by atoms with Crippen LogP contribution in [0.3, 0.4) is 0 Å². The average molecular weight is 889 g/mol. The zero-order chi connectivity index (χ0) is 44.7. The van der Waals surface area contributed by atoms with Gasteiger partial charge in [-0.25, -0.2) is 4.98 Å². The highest BCUT2D eigenvalue weighted by molar-refractivity contribution is 8.76. The van der Waals surface area contributed by atoms with Crippen LogP contribution in [0.2, 0.25) is 0 Å². The Morgan fingerprint density at radius 2 is 1.15 bits per heavy atom. The van der Waals surface area contributed by atoms with Gasteiger partial charge in [0, 0.05) is 65.5 Å². The molecular formula is C38H68N2O17S2. The number of carbonyl (C=O) groups excluding carboxylic acids is 3. The minimum absolute atomic E-state index is 0.0416. The molecule has 0 aliphatic carbocycles. The lowest BCUT2D eigenvalue weighted by Gasteiger charge is -2.21. The monoisotopic (exact) mass is 888 g/mol. The number of aliphatic hydroxyl groups excluding tert-OH is 4. The van der Waals surface area contributed by atoms with Crippen LogP contribution in [-0.4, -0.2) is 165 Å². The van der Waals surface area contributed by atoms with Crippen molar-refractivity contribution >= 4 is 45.4 Å². The summed E-state index contributed by atoms with van der Waals surface area (Å²) in [6, 6.07) is 5.74. The molecule has 0 saturated heterocycles. The van der Waals surface area contributed by atoms with Gasteiger partial charge in [0.15, 0.2) is 18.9 Å². The molecule has 6 atom stereocenters. The Bertz CT molecular complexity index is 1150. The van der Waals surface area contributed by atoms with Crippen LogP contribution in [0.1, 0.15) is 78.6 Å². The van der Waals surface area contributed by atoms with Crippen molar-refractivity contribution in [2.24, 2.45) is 0 Å². The quantitative estimate of drug-likeness (QED) is 0.0256. The lowest BCUT2D eigenvalue weighted by atomic mass is 10.2. The molecule has 1 rings (SSSR count). The second kappa shape index (κ2) is 40.7. The predicted octanol–water partition coefficient (Wildman–Crippen LogP) is 2.69. The molecule has 0 spiro atoms. The number of aliphatic hydroxyl groups is 4. The first-order valence-corrected chi connectivity index (χ1v) is 21.7. The minimum atomic E-state index is -0.945. The number of pyridine rings is 1. The van der Waals surface area contributed by atoms with Gasteiger partial charge in [-0.05, 0) is 55.0 Å². The van der Waals surface area contributed by atoms with Crippen molar-refractivity contribution in [3.05, 3.63) is 24.4 Å². The Balaban J connectivity index is 0. The number of rotatable bonds is 33. The number of methoxy groups -OCH3 is 3. The molecule has 0 aromatic carbocycles. The van der Waals surface area contributed by atoms with Gasteiger partial charge in [0.1, 0.15) is 18.2 Å². The lowest BCUT2D eigenvalue weighted by molar-refractivity contribution is -0.194. The molecule has 19 nitrogen and oxygen atoms in total. The fourth-order valence-corrected chi connectivity index (χ4v) is 5.80. The molecule has 0 fully saturated rings. The van der Waals surface area contributed by atoms with Crippen molar-refractivity contribution < 1.29 is 82.6 Å². The van der Waals surface area contributed by atoms with E-state index in [2.05, 4.69) is 10.3 Å². The number of carboxylic acid groups (broad SMARTS) is 1. The third kappa shape index (κ3) is 34.7. The molecule has 0 radical (unpaired) electrons. The van der Waals surface area contributed by atoms with Crippen LogP contribution in [0.15, 0.2) is 29.4 Å². The maximum Gasteiger partial charge on any atom is 0.305 e. The summed E-state index contributed by atoms with van der Waals surface area (Å²) in [5.74, 6) is -1.18. The van der Waals surface area contributed by atoms with Crippen molar-refractivity contribution in [1.29, 1.82) is 0 Å². The van der Waals surface area contributed by atoms with E-state index in [4.69, 9.17) is 63.4 Å². The lowest BCUT2D eigenvalue weighted by Crippen LogP contribution is -2.30. The number of aliphatic carboxylic acids is 1. The fourth-order valence-electron chi connectivity index (χ4n) is 4.01. The Morgan fingerprint density at radius 1 is 0.678 bits per heavy atom. The van der Waals surface area contributed by atoms with Crippen LogP contribution in [-0.2, 0) is 57.1 Å². The van der Waals surface area contributed by atoms with E-state index in [-0.39, 0.29) is 96.0 Å². The third-order valence-electron chi connectivity index (χ3n) is 7.55. The molecule has 1 aromatic rings. The van der Waals surface area contributed by atoms with E-state index in [9.17, 15) is 19.2 Å². The summed E-state index contributed by atoms with van der Waals surface area (Å²) in [6.45, 7) is 5.55. The van der Waals surface area contributed by atoms with Crippen molar-refractivity contribution in [3.8, 4) is 0 Å². The SMILES string of the molecule is CCC(CO)OC(CO)OC.CCC(CO)OC(COC(=O)CCCC(=O)NCCSSc1ccccn1)OC.CCC(CO)OC(COC(=O)CCCC(=O)O)OC. The zero-order valence-corrected chi connectivity index (χ0v) is 36.8. The predicted molar refractivity (Wildman–Crippen MR) is 219 cm³/mol. The third-order valence-corrected chi connectivity index (χ3v) is 9.82. The van der Waals surface area contributed by atoms with Crippen molar-refractivity contribution in [2.45, 2.75) is 121 Å². The van der Waals surface area contributed by atoms with E-state index in [0.717, 1.165) is 10.8 Å². The number of aromatic nitrogens is 1. The van der Waals surface area contributed by atoms with Crippen LogP contribution >= 0.6 is 21.6 Å². The average Bonchev–Trinajstić information content (AvgIpc) is 3.25. The molecule has 0 aliphatic heterocycles. The highest BCUT2D eigenvalue weighted by Crippen LogP contribution is 2.28. The molecular weight excluding hydrogens is 821 g/mol. The molecule has 0 bridgehead atoms. The van der Waals surface area contributed by atoms with Crippen LogP contribution in [0.4, 0.5) is 0 Å². The number of esters is 2. The summed E-state index contributed by atoms with van der Waals surface area (Å²) in [4.78, 5) is 49.3. The van der Waals surface area contributed by atoms with Gasteiger partial charge in [-0.1, -0.05) is 37.6 Å². The summed E-state index contributed by atoms with van der Waals surface area (Å²) < 4.78 is 40.8. The number of ether oxygens (including phenoxy) is 8. The first kappa shape index (κ1) is 58.4. The van der Waals surface area contributed by atoms with E-state index >= 15 is 0 Å². The highest BCUT2D eigenvalue weighted by Gasteiger charge is 2.18. The van der Waals surface area contributed by atoms with Crippen LogP contribution in [0.25, 0.3) is 0 Å². The smallest absolute Gasteiger partial charge is 0.305 e. The molecule has 59 heavy (non-hydrogen) atoms. The molecule has 1 heterocycles. The largest absolute Gasteiger partial charge is 0.481 e. The molecule has 21 heteroatoms.